The van der Waals surface area contributed by atoms with E-state index in [2.05, 4.69) is 12.2 Å². The highest BCUT2D eigenvalue weighted by Crippen LogP contribution is 1.95. The van der Waals surface area contributed by atoms with Gasteiger partial charge in [-0.05, 0) is 12.2 Å². The molecule has 0 aliphatic heterocycles. The maximum atomic E-state index is 9.11. The summed E-state index contributed by atoms with van der Waals surface area (Å²) in [4.78, 5) is 1.32. The Kier molecular flexibility index (Phi) is 6.67. The van der Waals surface area contributed by atoms with Crippen LogP contribution in [0.25, 0.3) is 0 Å². The minimum absolute atomic E-state index is 0.00463. The number of aliphatic hydroxyl groups is 4. The van der Waals surface area contributed by atoms with E-state index in [1.807, 2.05) is 0 Å². The van der Waals surface area contributed by atoms with Crippen LogP contribution in [0.1, 0.15) is 0 Å². The normalized spacial score (nSPS) is 14.9. The van der Waals surface area contributed by atoms with E-state index in [0.29, 0.717) is 0 Å². The number of aliphatic hydroxyl groups excluding tert-OH is 4. The third-order valence-electron chi connectivity index (χ3n) is 1.60. The van der Waals surface area contributed by atoms with Crippen molar-refractivity contribution in [1.29, 1.82) is 0 Å². The molecular weight excluding hydrogens is 208 g/mol. The Bertz CT molecular complexity index is 169. The van der Waals surface area contributed by atoms with E-state index in [1.165, 1.54) is 4.90 Å². The molecule has 0 aromatic heterocycles. The lowest BCUT2D eigenvalue weighted by Gasteiger charge is -2.26. The number of thiocarbonyl (C=S) groups is 1. The van der Waals surface area contributed by atoms with E-state index in [1.54, 1.807) is 0 Å². The lowest BCUT2D eigenvalue weighted by Crippen LogP contribution is -2.46. The maximum absolute atomic E-state index is 9.11. The summed E-state index contributed by atoms with van der Waals surface area (Å²) in [6.45, 7) is -0.756. The summed E-state index contributed by atoms with van der Waals surface area (Å²) in [5.74, 6) is 0. The predicted octanol–water partition coefficient (Wildman–Crippen LogP) is -2.76. The molecular formula is C7H16N2O4S. The van der Waals surface area contributed by atoms with Gasteiger partial charge in [-0.25, -0.2) is 0 Å². The molecule has 0 rings (SSSR count). The van der Waals surface area contributed by atoms with Gasteiger partial charge < -0.3 is 31.1 Å². The molecule has 0 aliphatic carbocycles. The average molecular weight is 224 g/mol. The molecule has 0 saturated carbocycles. The van der Waals surface area contributed by atoms with Gasteiger partial charge in [0.05, 0.1) is 25.4 Å². The van der Waals surface area contributed by atoms with Gasteiger partial charge >= 0.3 is 0 Å². The first-order valence-electron chi connectivity index (χ1n) is 4.13. The summed E-state index contributed by atoms with van der Waals surface area (Å²) in [6.07, 6.45) is -1.94. The zero-order chi connectivity index (χ0) is 11.1. The van der Waals surface area contributed by atoms with E-state index in [0.717, 1.165) is 0 Å². The van der Waals surface area contributed by atoms with Crippen LogP contribution in [-0.2, 0) is 0 Å². The van der Waals surface area contributed by atoms with E-state index >= 15 is 0 Å². The second-order valence-corrected chi connectivity index (χ2v) is 3.33. The predicted molar refractivity (Wildman–Crippen MR) is 54.5 cm³/mol. The molecule has 0 fully saturated rings. The van der Waals surface area contributed by atoms with Gasteiger partial charge in [-0.15, -0.1) is 0 Å². The SMILES string of the molecule is NC(=S)N(CC(O)CO)CC(O)CO. The van der Waals surface area contributed by atoms with Crippen LogP contribution in [0.2, 0.25) is 0 Å². The Morgan fingerprint density at radius 1 is 1.14 bits per heavy atom. The van der Waals surface area contributed by atoms with Crippen molar-refractivity contribution in [2.75, 3.05) is 26.3 Å². The van der Waals surface area contributed by atoms with Crippen LogP contribution >= 0.6 is 12.2 Å². The summed E-state index contributed by atoms with van der Waals surface area (Å²) >= 11 is 4.67. The largest absolute Gasteiger partial charge is 0.394 e. The highest BCUT2D eigenvalue weighted by atomic mass is 32.1. The van der Waals surface area contributed by atoms with Crippen molar-refractivity contribution in [2.24, 2.45) is 5.73 Å². The number of hydrogen-bond donors (Lipinski definition) is 5. The topological polar surface area (TPSA) is 110 Å². The monoisotopic (exact) mass is 224 g/mol. The van der Waals surface area contributed by atoms with E-state index in [-0.39, 0.29) is 18.2 Å². The summed E-state index contributed by atoms with van der Waals surface area (Å²) in [6, 6.07) is 0. The summed E-state index contributed by atoms with van der Waals surface area (Å²) in [7, 11) is 0. The van der Waals surface area contributed by atoms with Gasteiger partial charge in [0.2, 0.25) is 0 Å². The van der Waals surface area contributed by atoms with Crippen LogP contribution < -0.4 is 5.73 Å². The molecule has 2 atom stereocenters. The molecule has 0 aromatic rings. The molecule has 0 spiro atoms. The smallest absolute Gasteiger partial charge is 0.166 e. The van der Waals surface area contributed by atoms with Gasteiger partial charge in [0.1, 0.15) is 0 Å². The van der Waals surface area contributed by atoms with Crippen LogP contribution in [-0.4, -0.2) is 68.9 Å². The van der Waals surface area contributed by atoms with Crippen molar-refractivity contribution in [3.63, 3.8) is 0 Å². The van der Waals surface area contributed by atoms with E-state index in [4.69, 9.17) is 26.2 Å². The van der Waals surface area contributed by atoms with Crippen LogP contribution in [0, 0.1) is 0 Å². The van der Waals surface area contributed by atoms with Gasteiger partial charge in [0, 0.05) is 13.1 Å². The summed E-state index contributed by atoms with van der Waals surface area (Å²) in [5, 5.41) is 35.4. The lowest BCUT2D eigenvalue weighted by atomic mass is 10.3. The minimum Gasteiger partial charge on any atom is -0.394 e. The number of hydrogen-bond acceptors (Lipinski definition) is 5. The highest BCUT2D eigenvalue weighted by Gasteiger charge is 2.15. The van der Waals surface area contributed by atoms with Gasteiger partial charge in [-0.2, -0.15) is 0 Å². The molecule has 0 aliphatic rings. The van der Waals surface area contributed by atoms with Crippen molar-refractivity contribution in [2.45, 2.75) is 12.2 Å². The van der Waals surface area contributed by atoms with Gasteiger partial charge in [0.25, 0.3) is 0 Å². The second-order valence-electron chi connectivity index (χ2n) is 2.92. The first-order chi connectivity index (χ1) is 6.51. The van der Waals surface area contributed by atoms with Crippen LogP contribution in [0.3, 0.4) is 0 Å². The fourth-order valence-electron chi connectivity index (χ4n) is 0.879. The molecule has 0 heterocycles. The van der Waals surface area contributed by atoms with E-state index < -0.39 is 25.4 Å². The Labute approximate surface area is 87.6 Å². The third kappa shape index (κ3) is 5.30. The fraction of sp³-hybridized carbons (Fsp3) is 0.857. The number of nitrogens with two attached hydrogens (primary N) is 1. The molecule has 84 valence electrons. The Morgan fingerprint density at radius 3 is 1.71 bits per heavy atom. The maximum Gasteiger partial charge on any atom is 0.166 e. The zero-order valence-electron chi connectivity index (χ0n) is 7.70. The third-order valence-corrected chi connectivity index (χ3v) is 1.85. The molecule has 0 saturated heterocycles. The number of rotatable bonds is 6. The van der Waals surface area contributed by atoms with Crippen molar-refractivity contribution in [1.82, 2.24) is 4.90 Å². The first kappa shape index (κ1) is 13.5. The first-order valence-corrected chi connectivity index (χ1v) is 4.54. The molecule has 6 N–H and O–H groups in total. The van der Waals surface area contributed by atoms with Crippen molar-refractivity contribution < 1.29 is 20.4 Å². The molecule has 14 heavy (non-hydrogen) atoms. The second kappa shape index (κ2) is 6.91. The Morgan fingerprint density at radius 2 is 1.50 bits per heavy atom. The molecule has 2 unspecified atom stereocenters. The zero-order valence-corrected chi connectivity index (χ0v) is 8.52. The molecule has 0 aromatic carbocycles. The average Bonchev–Trinajstić information content (AvgIpc) is 2.16. The summed E-state index contributed by atoms with van der Waals surface area (Å²) in [5.41, 5.74) is 5.31. The highest BCUT2D eigenvalue weighted by molar-refractivity contribution is 7.80. The molecule has 6 nitrogen and oxygen atoms in total. The molecule has 7 heteroatoms. The summed E-state index contributed by atoms with van der Waals surface area (Å²) < 4.78 is 0. The molecule has 0 radical (unpaired) electrons. The fourth-order valence-corrected chi connectivity index (χ4v) is 1.03. The molecule has 0 bridgehead atoms. The van der Waals surface area contributed by atoms with E-state index in [9.17, 15) is 0 Å². The van der Waals surface area contributed by atoms with Crippen LogP contribution in [0.15, 0.2) is 0 Å². The van der Waals surface area contributed by atoms with Gasteiger partial charge in [-0.3, -0.25) is 0 Å². The Balaban J connectivity index is 4.09. The van der Waals surface area contributed by atoms with Gasteiger partial charge in [-0.1, -0.05) is 0 Å². The standard InChI is InChI=1S/C7H16N2O4S/c8-7(14)9(1-5(12)3-10)2-6(13)4-11/h5-6,10-13H,1-4H2,(H2,8,14). The quantitative estimate of drug-likeness (QED) is 0.311. The van der Waals surface area contributed by atoms with Crippen LogP contribution in [0.4, 0.5) is 0 Å². The van der Waals surface area contributed by atoms with Crippen molar-refractivity contribution in [3.8, 4) is 0 Å². The molecule has 0 amide bonds. The van der Waals surface area contributed by atoms with Gasteiger partial charge in [0.15, 0.2) is 5.11 Å². The number of nitrogens with zero attached hydrogens (tertiary/aromatic N) is 1. The minimum atomic E-state index is -0.970. The lowest BCUT2D eigenvalue weighted by molar-refractivity contribution is 0.0461. The Hall–Kier alpha value is -0.470. The van der Waals surface area contributed by atoms with Crippen molar-refractivity contribution in [3.05, 3.63) is 0 Å². The van der Waals surface area contributed by atoms with Crippen LogP contribution in [0.5, 0.6) is 0 Å². The van der Waals surface area contributed by atoms with Crippen molar-refractivity contribution >= 4 is 17.3 Å².